The van der Waals surface area contributed by atoms with E-state index in [2.05, 4.69) is 12.2 Å². The number of fused-ring (bicyclic) bond motifs is 3. The van der Waals surface area contributed by atoms with E-state index in [1.165, 1.54) is 18.9 Å². The number of rotatable bonds is 3. The molecule has 1 fully saturated rings. The average Bonchev–Trinajstić information content (AvgIpc) is 3.07. The first-order valence-electron chi connectivity index (χ1n) is 7.38. The maximum atomic E-state index is 11.3. The lowest BCUT2D eigenvalue weighted by Crippen LogP contribution is -2.25. The summed E-state index contributed by atoms with van der Waals surface area (Å²) in [5, 5.41) is 0. The lowest BCUT2D eigenvalue weighted by Gasteiger charge is -2.27. The molecule has 0 N–H and O–H groups in total. The van der Waals surface area contributed by atoms with Crippen LogP contribution in [0.2, 0.25) is 0 Å². The summed E-state index contributed by atoms with van der Waals surface area (Å²) in [7, 11) is 0. The van der Waals surface area contributed by atoms with Crippen LogP contribution in [0.4, 0.5) is 0 Å². The zero-order chi connectivity index (χ0) is 13.5. The van der Waals surface area contributed by atoms with Crippen molar-refractivity contribution in [1.29, 1.82) is 0 Å². The second-order valence-corrected chi connectivity index (χ2v) is 6.11. The van der Waals surface area contributed by atoms with Gasteiger partial charge in [-0.1, -0.05) is 18.2 Å². The first kappa shape index (κ1) is 12.0. The number of carbonyl (C=O) groups is 1. The predicted octanol–water partition coefficient (Wildman–Crippen LogP) is 2.91. The van der Waals surface area contributed by atoms with Gasteiger partial charge in [0, 0.05) is 12.5 Å². The summed E-state index contributed by atoms with van der Waals surface area (Å²) in [5.41, 5.74) is 1.06. The van der Waals surface area contributed by atoms with Crippen LogP contribution in [0.15, 0.2) is 47.8 Å². The largest absolute Gasteiger partial charge is 0.497 e. The molecule has 4 rings (SSSR count). The normalized spacial score (nSPS) is 37.3. The zero-order valence-electron chi connectivity index (χ0n) is 11.3. The van der Waals surface area contributed by atoms with Gasteiger partial charge in [0.25, 0.3) is 0 Å². The summed E-state index contributed by atoms with van der Waals surface area (Å²) >= 11 is 0. The van der Waals surface area contributed by atoms with Crippen LogP contribution < -0.4 is 0 Å². The lowest BCUT2D eigenvalue weighted by molar-refractivity contribution is -0.142. The molecule has 1 heterocycles. The van der Waals surface area contributed by atoms with E-state index in [4.69, 9.17) is 9.47 Å². The third-order valence-electron chi connectivity index (χ3n) is 4.79. The minimum atomic E-state index is -0.258. The molecule has 0 amide bonds. The van der Waals surface area contributed by atoms with Crippen molar-refractivity contribution in [3.63, 3.8) is 0 Å². The number of allylic oxidation sites excluding steroid dienone is 4. The molecule has 3 nitrogen and oxygen atoms in total. The Balaban J connectivity index is 1.37. The highest BCUT2D eigenvalue weighted by atomic mass is 16.5. The van der Waals surface area contributed by atoms with Crippen molar-refractivity contribution in [3.05, 3.63) is 47.8 Å². The Morgan fingerprint density at radius 2 is 2.15 bits per heavy atom. The fourth-order valence-electron chi connectivity index (χ4n) is 3.69. The van der Waals surface area contributed by atoms with Crippen LogP contribution in [0.25, 0.3) is 0 Å². The Morgan fingerprint density at radius 3 is 2.95 bits per heavy atom. The van der Waals surface area contributed by atoms with Crippen LogP contribution in [0.3, 0.4) is 0 Å². The monoisotopic (exact) mass is 270 g/mol. The van der Waals surface area contributed by atoms with Crippen LogP contribution >= 0.6 is 0 Å². The fraction of sp³-hybridized carbons (Fsp3) is 0.471. The molecular formula is C17H18O3. The Bertz CT molecular complexity index is 553. The van der Waals surface area contributed by atoms with Gasteiger partial charge in [-0.25, -0.2) is 4.79 Å². The van der Waals surface area contributed by atoms with Gasteiger partial charge in [0.1, 0.15) is 11.9 Å². The molecule has 4 atom stereocenters. The van der Waals surface area contributed by atoms with Crippen molar-refractivity contribution in [2.75, 3.05) is 6.61 Å². The average molecular weight is 270 g/mol. The van der Waals surface area contributed by atoms with E-state index in [9.17, 15) is 4.79 Å². The van der Waals surface area contributed by atoms with Crippen LogP contribution in [-0.4, -0.2) is 18.7 Å². The third-order valence-corrected chi connectivity index (χ3v) is 4.79. The van der Waals surface area contributed by atoms with E-state index >= 15 is 0 Å². The Kier molecular flexibility index (Phi) is 2.79. The molecule has 3 heteroatoms. The highest BCUT2D eigenvalue weighted by Crippen LogP contribution is 2.43. The number of hydrogen-bond donors (Lipinski definition) is 0. The van der Waals surface area contributed by atoms with Crippen LogP contribution in [-0.2, 0) is 14.3 Å². The van der Waals surface area contributed by atoms with Crippen molar-refractivity contribution < 1.29 is 14.3 Å². The number of esters is 1. The Labute approximate surface area is 118 Å². The summed E-state index contributed by atoms with van der Waals surface area (Å²) in [4.78, 5) is 11.3. The first-order valence-corrected chi connectivity index (χ1v) is 7.38. The summed E-state index contributed by atoms with van der Waals surface area (Å²) in [6.07, 6.45) is 15.1. The molecule has 4 aliphatic rings. The maximum absolute atomic E-state index is 11.3. The van der Waals surface area contributed by atoms with Gasteiger partial charge >= 0.3 is 5.97 Å². The molecule has 0 aromatic heterocycles. The number of hydrogen-bond acceptors (Lipinski definition) is 3. The van der Waals surface area contributed by atoms with Gasteiger partial charge in [-0.15, -0.1) is 0 Å². The Hall–Kier alpha value is -1.77. The van der Waals surface area contributed by atoms with Crippen LogP contribution in [0.5, 0.6) is 0 Å². The maximum Gasteiger partial charge on any atom is 0.331 e. The van der Waals surface area contributed by atoms with Crippen molar-refractivity contribution >= 4 is 5.97 Å². The molecule has 0 spiro atoms. The standard InChI is InChI=1S/C17H18O3/c18-17-6-4-12-3-5-15(9-16(12)20-17)19-10-14-8-11-1-2-13(14)7-11/h1-6,11,13-14,16H,7-10H2. The first-order chi connectivity index (χ1) is 9.78. The second-order valence-electron chi connectivity index (χ2n) is 6.11. The smallest absolute Gasteiger partial charge is 0.331 e. The second kappa shape index (κ2) is 4.65. The SMILES string of the molecule is O=C1C=CC2=CC=C(OCC3CC4C=CC3C4)CC2O1. The summed E-state index contributed by atoms with van der Waals surface area (Å²) in [6.45, 7) is 0.789. The molecule has 3 aliphatic carbocycles. The van der Waals surface area contributed by atoms with E-state index in [0.29, 0.717) is 18.3 Å². The van der Waals surface area contributed by atoms with Gasteiger partial charge < -0.3 is 9.47 Å². The van der Waals surface area contributed by atoms with Crippen molar-refractivity contribution in [2.45, 2.75) is 25.4 Å². The van der Waals surface area contributed by atoms with Crippen LogP contribution in [0.1, 0.15) is 19.3 Å². The van der Waals surface area contributed by atoms with E-state index in [-0.39, 0.29) is 12.1 Å². The van der Waals surface area contributed by atoms with Crippen molar-refractivity contribution in [2.24, 2.45) is 17.8 Å². The lowest BCUT2D eigenvalue weighted by atomic mass is 9.94. The van der Waals surface area contributed by atoms with E-state index in [1.807, 2.05) is 18.2 Å². The summed E-state index contributed by atoms with van der Waals surface area (Å²) in [6, 6.07) is 0. The molecule has 0 aromatic carbocycles. The molecule has 104 valence electrons. The zero-order valence-corrected chi connectivity index (χ0v) is 11.3. The molecule has 20 heavy (non-hydrogen) atoms. The van der Waals surface area contributed by atoms with Gasteiger partial charge in [-0.05, 0) is 48.3 Å². The number of ether oxygens (including phenoxy) is 2. The highest BCUT2D eigenvalue weighted by molar-refractivity contribution is 5.84. The van der Waals surface area contributed by atoms with Gasteiger partial charge in [0.05, 0.1) is 6.61 Å². The Morgan fingerprint density at radius 1 is 1.20 bits per heavy atom. The number of carbonyl (C=O) groups excluding carboxylic acids is 1. The quantitative estimate of drug-likeness (QED) is 0.584. The summed E-state index contributed by atoms with van der Waals surface area (Å²) < 4.78 is 11.3. The van der Waals surface area contributed by atoms with Crippen molar-refractivity contribution in [1.82, 2.24) is 0 Å². The van der Waals surface area contributed by atoms with Crippen molar-refractivity contribution in [3.8, 4) is 0 Å². The molecule has 0 aromatic rings. The minimum absolute atomic E-state index is 0.160. The van der Waals surface area contributed by atoms with Gasteiger partial charge in [-0.2, -0.15) is 0 Å². The molecule has 0 saturated heterocycles. The van der Waals surface area contributed by atoms with E-state index in [1.54, 1.807) is 0 Å². The molecule has 2 bridgehead atoms. The molecule has 1 aliphatic heterocycles. The predicted molar refractivity (Wildman–Crippen MR) is 74.6 cm³/mol. The summed E-state index contributed by atoms with van der Waals surface area (Å²) in [5.74, 6) is 2.83. The topological polar surface area (TPSA) is 35.5 Å². The molecule has 1 saturated carbocycles. The van der Waals surface area contributed by atoms with E-state index in [0.717, 1.165) is 23.9 Å². The highest BCUT2D eigenvalue weighted by Gasteiger charge is 2.36. The minimum Gasteiger partial charge on any atom is -0.497 e. The third kappa shape index (κ3) is 2.11. The molecular weight excluding hydrogens is 252 g/mol. The fourth-order valence-corrected chi connectivity index (χ4v) is 3.69. The van der Waals surface area contributed by atoms with Crippen LogP contribution in [0, 0.1) is 17.8 Å². The van der Waals surface area contributed by atoms with Gasteiger partial charge in [0.15, 0.2) is 0 Å². The molecule has 0 radical (unpaired) electrons. The van der Waals surface area contributed by atoms with E-state index < -0.39 is 0 Å². The molecule has 4 unspecified atom stereocenters. The van der Waals surface area contributed by atoms with Gasteiger partial charge in [-0.3, -0.25) is 0 Å². The van der Waals surface area contributed by atoms with Gasteiger partial charge in [0.2, 0.25) is 0 Å².